The van der Waals surface area contributed by atoms with Crippen LogP contribution in [0.5, 0.6) is 0 Å². The van der Waals surface area contributed by atoms with Crippen LogP contribution < -0.4 is 5.32 Å². The highest BCUT2D eigenvalue weighted by molar-refractivity contribution is 6.17. The van der Waals surface area contributed by atoms with Gasteiger partial charge in [0.15, 0.2) is 0 Å². The first-order valence-corrected chi connectivity index (χ1v) is 6.27. The van der Waals surface area contributed by atoms with E-state index in [2.05, 4.69) is 5.32 Å². The zero-order valence-corrected chi connectivity index (χ0v) is 10.7. The summed E-state index contributed by atoms with van der Waals surface area (Å²) in [6.45, 7) is 2.84. The summed E-state index contributed by atoms with van der Waals surface area (Å²) in [5, 5.41) is 3.06. The van der Waals surface area contributed by atoms with Gasteiger partial charge in [-0.1, -0.05) is 30.3 Å². The molecule has 3 nitrogen and oxygen atoms in total. The van der Waals surface area contributed by atoms with Gasteiger partial charge in [0.2, 0.25) is 0 Å². The molecule has 0 aliphatic heterocycles. The number of carbonyl (C=O) groups is 1. The maximum absolute atomic E-state index is 11.6. The zero-order valence-electron chi connectivity index (χ0n) is 9.99. The highest BCUT2D eigenvalue weighted by Gasteiger charge is 2.12. The Morgan fingerprint density at radius 2 is 2.12 bits per heavy atom. The van der Waals surface area contributed by atoms with Gasteiger partial charge >= 0.3 is 5.97 Å². The second-order valence-corrected chi connectivity index (χ2v) is 4.19. The summed E-state index contributed by atoms with van der Waals surface area (Å²) in [7, 11) is 0. The molecule has 0 aromatic heterocycles. The van der Waals surface area contributed by atoms with Crippen LogP contribution in [0.1, 0.15) is 18.9 Å². The zero-order chi connectivity index (χ0) is 12.5. The van der Waals surface area contributed by atoms with E-state index in [0.29, 0.717) is 12.5 Å². The van der Waals surface area contributed by atoms with Gasteiger partial charge in [-0.3, -0.25) is 4.79 Å². The van der Waals surface area contributed by atoms with Crippen LogP contribution in [0, 0.1) is 0 Å². The summed E-state index contributed by atoms with van der Waals surface area (Å²) >= 11 is 5.55. The standard InChI is InChI=1S/C13H18ClNO2/c1-11(15-9-5-8-14)13(16)17-10-12-6-3-2-4-7-12/h2-4,6-7,11,15H,5,8-10H2,1H3. The number of ether oxygens (including phenoxy) is 1. The lowest BCUT2D eigenvalue weighted by Crippen LogP contribution is -2.36. The minimum absolute atomic E-state index is 0.233. The molecule has 1 unspecified atom stereocenters. The fourth-order valence-electron chi connectivity index (χ4n) is 1.32. The minimum Gasteiger partial charge on any atom is -0.460 e. The van der Waals surface area contributed by atoms with Crippen molar-refractivity contribution < 1.29 is 9.53 Å². The van der Waals surface area contributed by atoms with Crippen molar-refractivity contribution in [3.8, 4) is 0 Å². The van der Waals surface area contributed by atoms with Gasteiger partial charge in [-0.25, -0.2) is 0 Å². The number of carbonyl (C=O) groups excluding carboxylic acids is 1. The molecule has 4 heteroatoms. The lowest BCUT2D eigenvalue weighted by atomic mass is 10.2. The van der Waals surface area contributed by atoms with Crippen LogP contribution in [0.3, 0.4) is 0 Å². The monoisotopic (exact) mass is 255 g/mol. The molecule has 0 heterocycles. The van der Waals surface area contributed by atoms with E-state index in [-0.39, 0.29) is 12.0 Å². The van der Waals surface area contributed by atoms with E-state index < -0.39 is 0 Å². The van der Waals surface area contributed by atoms with Crippen molar-refractivity contribution in [3.63, 3.8) is 0 Å². The van der Waals surface area contributed by atoms with Crippen molar-refractivity contribution in [2.24, 2.45) is 0 Å². The summed E-state index contributed by atoms with van der Waals surface area (Å²) in [4.78, 5) is 11.6. The molecule has 1 rings (SSSR count). The van der Waals surface area contributed by atoms with Crippen molar-refractivity contribution in [2.75, 3.05) is 12.4 Å². The first kappa shape index (κ1) is 14.0. The molecular weight excluding hydrogens is 238 g/mol. The van der Waals surface area contributed by atoms with E-state index in [9.17, 15) is 4.79 Å². The summed E-state index contributed by atoms with van der Waals surface area (Å²) in [5.41, 5.74) is 0.994. The number of halogens is 1. The maximum atomic E-state index is 11.6. The largest absolute Gasteiger partial charge is 0.460 e. The van der Waals surface area contributed by atoms with Crippen molar-refractivity contribution in [1.29, 1.82) is 0 Å². The summed E-state index contributed by atoms with van der Waals surface area (Å²) in [6, 6.07) is 9.35. The van der Waals surface area contributed by atoms with Gasteiger partial charge < -0.3 is 10.1 Å². The average Bonchev–Trinajstić information content (AvgIpc) is 2.37. The number of rotatable bonds is 7. The summed E-state index contributed by atoms with van der Waals surface area (Å²) < 4.78 is 5.19. The third-order valence-electron chi connectivity index (χ3n) is 2.34. The van der Waals surface area contributed by atoms with Gasteiger partial charge in [0.25, 0.3) is 0 Å². The molecule has 0 amide bonds. The molecule has 0 radical (unpaired) electrons. The molecule has 0 aliphatic rings. The molecule has 0 fully saturated rings. The summed E-state index contributed by atoms with van der Waals surface area (Å²) in [5.74, 6) is 0.363. The Labute approximate surface area is 107 Å². The van der Waals surface area contributed by atoms with Crippen LogP contribution >= 0.6 is 11.6 Å². The molecule has 94 valence electrons. The topological polar surface area (TPSA) is 38.3 Å². The van der Waals surface area contributed by atoms with E-state index in [1.807, 2.05) is 30.3 Å². The molecule has 1 aromatic rings. The van der Waals surface area contributed by atoms with Crippen molar-refractivity contribution in [1.82, 2.24) is 5.32 Å². The fraction of sp³-hybridized carbons (Fsp3) is 0.462. The van der Waals surface area contributed by atoms with Crippen molar-refractivity contribution in [3.05, 3.63) is 35.9 Å². The van der Waals surface area contributed by atoms with Crippen LogP contribution in [-0.2, 0) is 16.1 Å². The Hall–Kier alpha value is -1.06. The van der Waals surface area contributed by atoms with E-state index >= 15 is 0 Å². The molecule has 0 saturated carbocycles. The van der Waals surface area contributed by atoms with Crippen LogP contribution in [-0.4, -0.2) is 24.4 Å². The molecule has 1 atom stereocenters. The van der Waals surface area contributed by atoms with Crippen LogP contribution in [0.2, 0.25) is 0 Å². The Bertz CT molecular complexity index is 329. The molecule has 0 saturated heterocycles. The van der Waals surface area contributed by atoms with Crippen LogP contribution in [0.4, 0.5) is 0 Å². The predicted octanol–water partition coefficient (Wildman–Crippen LogP) is 2.34. The average molecular weight is 256 g/mol. The van der Waals surface area contributed by atoms with Gasteiger partial charge in [0.05, 0.1) is 0 Å². The third kappa shape index (κ3) is 5.71. The van der Waals surface area contributed by atoms with Crippen molar-refractivity contribution >= 4 is 17.6 Å². The normalized spacial score (nSPS) is 12.1. The Balaban J connectivity index is 2.24. The molecule has 1 aromatic carbocycles. The van der Waals surface area contributed by atoms with Gasteiger partial charge in [-0.2, -0.15) is 0 Å². The highest BCUT2D eigenvalue weighted by Crippen LogP contribution is 2.01. The molecule has 0 spiro atoms. The fourth-order valence-corrected chi connectivity index (χ4v) is 1.46. The molecule has 0 bridgehead atoms. The SMILES string of the molecule is CC(NCCCCl)C(=O)OCc1ccccc1. The quantitative estimate of drug-likeness (QED) is 0.462. The number of hydrogen-bond donors (Lipinski definition) is 1. The first-order chi connectivity index (χ1) is 8.24. The second kappa shape index (κ2) is 8.09. The van der Waals surface area contributed by atoms with Gasteiger partial charge in [0, 0.05) is 5.88 Å². The Kier molecular flexibility index (Phi) is 6.67. The number of esters is 1. The summed E-state index contributed by atoms with van der Waals surface area (Å²) in [6.07, 6.45) is 0.845. The molecule has 17 heavy (non-hydrogen) atoms. The molecule has 0 aliphatic carbocycles. The first-order valence-electron chi connectivity index (χ1n) is 5.74. The minimum atomic E-state index is -0.290. The van der Waals surface area contributed by atoms with Crippen LogP contribution in [0.25, 0.3) is 0 Å². The van der Waals surface area contributed by atoms with Crippen LogP contribution in [0.15, 0.2) is 30.3 Å². The van der Waals surface area contributed by atoms with Gasteiger partial charge in [-0.15, -0.1) is 11.6 Å². The molecule has 1 N–H and O–H groups in total. The van der Waals surface area contributed by atoms with E-state index in [0.717, 1.165) is 18.5 Å². The number of nitrogens with one attached hydrogen (secondary N) is 1. The van der Waals surface area contributed by atoms with E-state index in [4.69, 9.17) is 16.3 Å². The highest BCUT2D eigenvalue weighted by atomic mass is 35.5. The second-order valence-electron chi connectivity index (χ2n) is 3.81. The lowest BCUT2D eigenvalue weighted by molar-refractivity contribution is -0.147. The van der Waals surface area contributed by atoms with E-state index in [1.165, 1.54) is 0 Å². The number of hydrogen-bond acceptors (Lipinski definition) is 3. The predicted molar refractivity (Wildman–Crippen MR) is 69.0 cm³/mol. The number of benzene rings is 1. The maximum Gasteiger partial charge on any atom is 0.323 e. The van der Waals surface area contributed by atoms with Gasteiger partial charge in [-0.05, 0) is 25.5 Å². The smallest absolute Gasteiger partial charge is 0.323 e. The Morgan fingerprint density at radius 3 is 2.76 bits per heavy atom. The molecular formula is C13H18ClNO2. The van der Waals surface area contributed by atoms with E-state index in [1.54, 1.807) is 6.92 Å². The number of alkyl halides is 1. The lowest BCUT2D eigenvalue weighted by Gasteiger charge is -2.12. The van der Waals surface area contributed by atoms with Crippen molar-refractivity contribution in [2.45, 2.75) is 26.0 Å². The third-order valence-corrected chi connectivity index (χ3v) is 2.61. The van der Waals surface area contributed by atoms with Gasteiger partial charge in [0.1, 0.15) is 12.6 Å². The Morgan fingerprint density at radius 1 is 1.41 bits per heavy atom.